The number of amides is 1. The topological polar surface area (TPSA) is 56.1 Å². The predicted octanol–water partition coefficient (Wildman–Crippen LogP) is 2.31. The first-order valence-corrected chi connectivity index (χ1v) is 6.70. The van der Waals surface area contributed by atoms with Crippen molar-refractivity contribution < 1.29 is 4.79 Å². The molecule has 0 saturated carbocycles. The molecule has 0 bridgehead atoms. The molecule has 2 rings (SSSR count). The Morgan fingerprint density at radius 2 is 2.11 bits per heavy atom. The molecule has 0 aliphatic carbocycles. The van der Waals surface area contributed by atoms with Crippen LogP contribution in [0.25, 0.3) is 0 Å². The summed E-state index contributed by atoms with van der Waals surface area (Å²) in [7, 11) is 0. The number of nitrogens with zero attached hydrogens (tertiary/aromatic N) is 2. The molecule has 1 atom stereocenters. The van der Waals surface area contributed by atoms with E-state index < -0.39 is 6.04 Å². The van der Waals surface area contributed by atoms with Crippen LogP contribution in [0.3, 0.4) is 0 Å². The molecular formula is C15H19N3O. The van der Waals surface area contributed by atoms with Crippen LogP contribution in [-0.4, -0.2) is 29.9 Å². The molecule has 4 heteroatoms. The van der Waals surface area contributed by atoms with Crippen LogP contribution in [-0.2, 0) is 4.79 Å². The van der Waals surface area contributed by atoms with Crippen molar-refractivity contribution in [3.63, 3.8) is 0 Å². The second kappa shape index (κ2) is 6.24. The lowest BCUT2D eigenvalue weighted by molar-refractivity contribution is -0.130. The molecule has 0 spiro atoms. The number of aryl methyl sites for hydroxylation is 1. The van der Waals surface area contributed by atoms with Crippen molar-refractivity contribution in [1.82, 2.24) is 4.90 Å². The molecule has 1 heterocycles. The molecule has 1 aliphatic heterocycles. The molecule has 1 aliphatic rings. The van der Waals surface area contributed by atoms with E-state index in [1.807, 2.05) is 36.1 Å². The Hall–Kier alpha value is -2.02. The number of likely N-dealkylation sites (tertiary alicyclic amines) is 1. The fourth-order valence-corrected chi connectivity index (χ4v) is 2.32. The molecular weight excluding hydrogens is 238 g/mol. The van der Waals surface area contributed by atoms with Crippen molar-refractivity contribution in [2.45, 2.75) is 32.2 Å². The SMILES string of the molecule is Cc1ccccc1NC(C#N)CC(=O)N1CCCC1. The van der Waals surface area contributed by atoms with Gasteiger partial charge in [-0.1, -0.05) is 18.2 Å². The van der Waals surface area contributed by atoms with Crippen molar-refractivity contribution in [3.05, 3.63) is 29.8 Å². The van der Waals surface area contributed by atoms with E-state index in [4.69, 9.17) is 0 Å². The number of rotatable bonds is 4. The number of nitriles is 1. The molecule has 100 valence electrons. The van der Waals surface area contributed by atoms with E-state index in [0.717, 1.165) is 37.2 Å². The summed E-state index contributed by atoms with van der Waals surface area (Å²) in [6.45, 7) is 3.65. The number of hydrogen-bond acceptors (Lipinski definition) is 3. The van der Waals surface area contributed by atoms with Crippen molar-refractivity contribution in [2.75, 3.05) is 18.4 Å². The molecule has 1 unspecified atom stereocenters. The highest BCUT2D eigenvalue weighted by Gasteiger charge is 2.21. The van der Waals surface area contributed by atoms with Crippen LogP contribution in [0.4, 0.5) is 5.69 Å². The smallest absolute Gasteiger partial charge is 0.225 e. The van der Waals surface area contributed by atoms with Crippen LogP contribution in [0.1, 0.15) is 24.8 Å². The Morgan fingerprint density at radius 3 is 2.74 bits per heavy atom. The van der Waals surface area contributed by atoms with E-state index in [0.29, 0.717) is 0 Å². The first kappa shape index (κ1) is 13.4. The van der Waals surface area contributed by atoms with Crippen molar-refractivity contribution >= 4 is 11.6 Å². The lowest BCUT2D eigenvalue weighted by atomic mass is 10.1. The van der Waals surface area contributed by atoms with Crippen molar-refractivity contribution in [2.24, 2.45) is 0 Å². The summed E-state index contributed by atoms with van der Waals surface area (Å²) in [4.78, 5) is 13.9. The first-order chi connectivity index (χ1) is 9.20. The Kier molecular flexibility index (Phi) is 4.40. The molecule has 1 aromatic carbocycles. The molecule has 1 fully saturated rings. The molecule has 1 aromatic rings. The molecule has 1 saturated heterocycles. The Morgan fingerprint density at radius 1 is 1.42 bits per heavy atom. The third-order valence-electron chi connectivity index (χ3n) is 3.47. The molecule has 19 heavy (non-hydrogen) atoms. The predicted molar refractivity (Wildman–Crippen MR) is 74.6 cm³/mol. The summed E-state index contributed by atoms with van der Waals surface area (Å²) in [5.41, 5.74) is 2.00. The van der Waals surface area contributed by atoms with Gasteiger partial charge in [0.15, 0.2) is 0 Å². The minimum atomic E-state index is -0.464. The van der Waals surface area contributed by atoms with Gasteiger partial charge >= 0.3 is 0 Å². The molecule has 4 nitrogen and oxygen atoms in total. The second-order valence-corrected chi connectivity index (χ2v) is 4.93. The number of hydrogen-bond donors (Lipinski definition) is 1. The van der Waals surface area contributed by atoms with Gasteiger partial charge < -0.3 is 10.2 Å². The third kappa shape index (κ3) is 3.47. The summed E-state index contributed by atoms with van der Waals surface area (Å²) in [6.07, 6.45) is 2.40. The summed E-state index contributed by atoms with van der Waals surface area (Å²) in [5, 5.41) is 12.3. The summed E-state index contributed by atoms with van der Waals surface area (Å²) >= 11 is 0. The van der Waals surface area contributed by atoms with Gasteiger partial charge in [0.2, 0.25) is 5.91 Å². The average molecular weight is 257 g/mol. The van der Waals surface area contributed by atoms with E-state index in [2.05, 4.69) is 11.4 Å². The molecule has 0 radical (unpaired) electrons. The average Bonchev–Trinajstić information content (AvgIpc) is 2.94. The zero-order valence-corrected chi connectivity index (χ0v) is 11.2. The van der Waals surface area contributed by atoms with Crippen LogP contribution in [0.5, 0.6) is 0 Å². The fraction of sp³-hybridized carbons (Fsp3) is 0.467. The highest BCUT2D eigenvalue weighted by molar-refractivity contribution is 5.78. The number of carbonyl (C=O) groups is 1. The summed E-state index contributed by atoms with van der Waals surface area (Å²) < 4.78 is 0. The normalized spacial score (nSPS) is 15.9. The third-order valence-corrected chi connectivity index (χ3v) is 3.47. The highest BCUT2D eigenvalue weighted by Crippen LogP contribution is 2.16. The maximum atomic E-state index is 12.0. The van der Waals surface area contributed by atoms with Gasteiger partial charge in [0, 0.05) is 18.8 Å². The largest absolute Gasteiger partial charge is 0.369 e. The quantitative estimate of drug-likeness (QED) is 0.900. The monoisotopic (exact) mass is 257 g/mol. The standard InChI is InChI=1S/C15H19N3O/c1-12-6-2-3-7-14(12)17-13(11-16)10-15(19)18-8-4-5-9-18/h2-3,6-7,13,17H,4-5,8-10H2,1H3. The minimum Gasteiger partial charge on any atom is -0.369 e. The second-order valence-electron chi connectivity index (χ2n) is 4.93. The van der Waals surface area contributed by atoms with Gasteiger partial charge in [0.25, 0.3) is 0 Å². The number of nitrogens with one attached hydrogen (secondary N) is 1. The van der Waals surface area contributed by atoms with Crippen molar-refractivity contribution in [3.8, 4) is 6.07 Å². The number of anilines is 1. The van der Waals surface area contributed by atoms with E-state index in [1.165, 1.54) is 0 Å². The van der Waals surface area contributed by atoms with Crippen LogP contribution in [0, 0.1) is 18.3 Å². The molecule has 1 amide bonds. The maximum absolute atomic E-state index is 12.0. The number of carbonyl (C=O) groups excluding carboxylic acids is 1. The fourth-order valence-electron chi connectivity index (χ4n) is 2.32. The van der Waals surface area contributed by atoms with Gasteiger partial charge in [0.05, 0.1) is 12.5 Å². The Bertz CT molecular complexity index is 486. The zero-order chi connectivity index (χ0) is 13.7. The van der Waals surface area contributed by atoms with Crippen LogP contribution >= 0.6 is 0 Å². The van der Waals surface area contributed by atoms with Gasteiger partial charge in [-0.25, -0.2) is 0 Å². The van der Waals surface area contributed by atoms with Gasteiger partial charge in [-0.05, 0) is 31.4 Å². The number of benzene rings is 1. The van der Waals surface area contributed by atoms with Gasteiger partial charge in [-0.3, -0.25) is 4.79 Å². The van der Waals surface area contributed by atoms with E-state index in [-0.39, 0.29) is 12.3 Å². The van der Waals surface area contributed by atoms with Gasteiger partial charge in [0.1, 0.15) is 6.04 Å². The minimum absolute atomic E-state index is 0.0742. The van der Waals surface area contributed by atoms with Gasteiger partial charge in [-0.15, -0.1) is 0 Å². The van der Waals surface area contributed by atoms with Gasteiger partial charge in [-0.2, -0.15) is 5.26 Å². The van der Waals surface area contributed by atoms with Crippen LogP contribution in [0.15, 0.2) is 24.3 Å². The highest BCUT2D eigenvalue weighted by atomic mass is 16.2. The first-order valence-electron chi connectivity index (χ1n) is 6.70. The maximum Gasteiger partial charge on any atom is 0.225 e. The van der Waals surface area contributed by atoms with Crippen molar-refractivity contribution in [1.29, 1.82) is 5.26 Å². The molecule has 1 N–H and O–H groups in total. The Labute approximate surface area is 114 Å². The zero-order valence-electron chi connectivity index (χ0n) is 11.2. The number of para-hydroxylation sites is 1. The van der Waals surface area contributed by atoms with Crippen LogP contribution in [0.2, 0.25) is 0 Å². The lowest BCUT2D eigenvalue weighted by Crippen LogP contribution is -2.33. The van der Waals surface area contributed by atoms with Crippen LogP contribution < -0.4 is 5.32 Å². The summed E-state index contributed by atoms with van der Waals surface area (Å²) in [6, 6.07) is 9.50. The van der Waals surface area contributed by atoms with E-state index in [9.17, 15) is 10.1 Å². The summed E-state index contributed by atoms with van der Waals surface area (Å²) in [5.74, 6) is 0.0742. The van der Waals surface area contributed by atoms with E-state index >= 15 is 0 Å². The lowest BCUT2D eigenvalue weighted by Gasteiger charge is -2.19. The Balaban J connectivity index is 1.95. The van der Waals surface area contributed by atoms with E-state index in [1.54, 1.807) is 0 Å². The molecule has 0 aromatic heterocycles.